The normalized spacial score (nSPS) is 13.3. The molecule has 0 fully saturated rings. The van der Waals surface area contributed by atoms with E-state index in [4.69, 9.17) is 18.9 Å². The molecule has 2 rings (SSSR count). The minimum atomic E-state index is -0.970. The maximum absolute atomic E-state index is 12.7. The quantitative estimate of drug-likeness (QED) is 0.570. The molecule has 178 valence electrons. The fraction of sp³-hybridized carbons (Fsp3) is 0.417. The van der Waals surface area contributed by atoms with Gasteiger partial charge in [-0.25, -0.2) is 9.78 Å². The van der Waals surface area contributed by atoms with Crippen molar-refractivity contribution in [1.29, 1.82) is 0 Å². The molecule has 0 bridgehead atoms. The third kappa shape index (κ3) is 6.44. The minimum absolute atomic E-state index is 0.0848. The number of nitrogens with zero attached hydrogens (tertiary/aromatic N) is 1. The van der Waals surface area contributed by atoms with E-state index in [9.17, 15) is 14.4 Å². The average Bonchev–Trinajstić information content (AvgIpc) is 2.77. The van der Waals surface area contributed by atoms with E-state index in [1.165, 1.54) is 33.2 Å². The van der Waals surface area contributed by atoms with Crippen molar-refractivity contribution in [2.24, 2.45) is 0 Å². The third-order valence-electron chi connectivity index (χ3n) is 5.22. The van der Waals surface area contributed by atoms with E-state index in [2.05, 4.69) is 10.3 Å². The van der Waals surface area contributed by atoms with Gasteiger partial charge in [-0.1, -0.05) is 13.0 Å². The van der Waals surface area contributed by atoms with Crippen molar-refractivity contribution in [3.05, 3.63) is 47.3 Å². The van der Waals surface area contributed by atoms with E-state index in [0.717, 1.165) is 16.9 Å². The van der Waals surface area contributed by atoms with Gasteiger partial charge in [0.15, 0.2) is 11.4 Å². The van der Waals surface area contributed by atoms with Crippen LogP contribution in [0.3, 0.4) is 0 Å². The number of rotatable bonds is 9. The Morgan fingerprint density at radius 1 is 1.03 bits per heavy atom. The van der Waals surface area contributed by atoms with Crippen LogP contribution in [0.5, 0.6) is 17.2 Å². The first kappa shape index (κ1) is 25.6. The summed E-state index contributed by atoms with van der Waals surface area (Å²) in [5.74, 6) is -1.24. The number of carbonyl (C=O) groups excluding carboxylic acids is 3. The zero-order chi connectivity index (χ0) is 24.7. The first-order valence-electron chi connectivity index (χ1n) is 10.5. The van der Waals surface area contributed by atoms with Gasteiger partial charge in [0.1, 0.15) is 17.9 Å². The largest absolute Gasteiger partial charge is 0.497 e. The van der Waals surface area contributed by atoms with Crippen molar-refractivity contribution in [2.75, 3.05) is 14.2 Å². The van der Waals surface area contributed by atoms with Crippen LogP contribution in [0.1, 0.15) is 55.2 Å². The van der Waals surface area contributed by atoms with Crippen molar-refractivity contribution in [1.82, 2.24) is 10.3 Å². The molecule has 0 radical (unpaired) electrons. The highest BCUT2D eigenvalue weighted by atomic mass is 16.6. The summed E-state index contributed by atoms with van der Waals surface area (Å²) < 4.78 is 21.1. The van der Waals surface area contributed by atoms with Crippen LogP contribution in [-0.2, 0) is 14.3 Å². The van der Waals surface area contributed by atoms with Crippen molar-refractivity contribution >= 4 is 17.8 Å². The van der Waals surface area contributed by atoms with Crippen LogP contribution in [0.4, 0.5) is 0 Å². The zero-order valence-corrected chi connectivity index (χ0v) is 19.9. The van der Waals surface area contributed by atoms with Crippen LogP contribution >= 0.6 is 0 Å². The van der Waals surface area contributed by atoms with Gasteiger partial charge in [0.25, 0.3) is 5.91 Å². The summed E-state index contributed by atoms with van der Waals surface area (Å²) in [6, 6.07) is 6.21. The van der Waals surface area contributed by atoms with Crippen LogP contribution in [-0.4, -0.2) is 49.2 Å². The van der Waals surface area contributed by atoms with Gasteiger partial charge >= 0.3 is 11.9 Å². The number of carbonyl (C=O) groups is 3. The molecule has 33 heavy (non-hydrogen) atoms. The van der Waals surface area contributed by atoms with Gasteiger partial charge in [-0.15, -0.1) is 0 Å². The van der Waals surface area contributed by atoms with Gasteiger partial charge in [0, 0.05) is 25.1 Å². The summed E-state index contributed by atoms with van der Waals surface area (Å²) in [6.07, 6.45) is 0.889. The topological polar surface area (TPSA) is 113 Å². The highest BCUT2D eigenvalue weighted by Gasteiger charge is 2.27. The molecule has 1 aromatic carbocycles. The van der Waals surface area contributed by atoms with Crippen LogP contribution in [0, 0.1) is 6.92 Å². The van der Waals surface area contributed by atoms with E-state index in [0.29, 0.717) is 0 Å². The lowest BCUT2D eigenvalue weighted by Gasteiger charge is -2.24. The Bertz CT molecular complexity index is 1020. The number of hydrogen-bond donors (Lipinski definition) is 1. The monoisotopic (exact) mass is 458 g/mol. The second kappa shape index (κ2) is 11.3. The van der Waals surface area contributed by atoms with E-state index in [1.54, 1.807) is 14.0 Å². The molecular weight excluding hydrogens is 428 g/mol. The zero-order valence-electron chi connectivity index (χ0n) is 19.9. The molecule has 2 unspecified atom stereocenters. The third-order valence-corrected chi connectivity index (χ3v) is 5.22. The van der Waals surface area contributed by atoms with E-state index in [-0.39, 0.29) is 23.1 Å². The molecular formula is C24H30N2O7. The molecule has 1 N–H and O–H groups in total. The maximum Gasteiger partial charge on any atom is 0.328 e. The fourth-order valence-corrected chi connectivity index (χ4v) is 3.25. The molecule has 1 amide bonds. The summed E-state index contributed by atoms with van der Waals surface area (Å²) in [5.41, 5.74) is 1.87. The summed E-state index contributed by atoms with van der Waals surface area (Å²) in [5, 5.41) is 2.53. The first-order valence-corrected chi connectivity index (χ1v) is 10.5. The number of methoxy groups -OCH3 is 2. The van der Waals surface area contributed by atoms with Crippen molar-refractivity contribution in [3.63, 3.8) is 0 Å². The van der Waals surface area contributed by atoms with Gasteiger partial charge in [-0.05, 0) is 44.0 Å². The molecule has 1 aromatic heterocycles. The Kier molecular flexibility index (Phi) is 8.78. The Morgan fingerprint density at radius 3 is 2.30 bits per heavy atom. The predicted octanol–water partition coefficient (Wildman–Crippen LogP) is 3.19. The fourth-order valence-electron chi connectivity index (χ4n) is 3.25. The highest BCUT2D eigenvalue weighted by molar-refractivity contribution is 5.98. The number of aromatic nitrogens is 1. The van der Waals surface area contributed by atoms with E-state index >= 15 is 0 Å². The number of ether oxygens (including phenoxy) is 4. The lowest BCUT2D eigenvalue weighted by Crippen LogP contribution is -2.41. The van der Waals surface area contributed by atoms with Crippen LogP contribution < -0.4 is 19.5 Å². The summed E-state index contributed by atoms with van der Waals surface area (Å²) >= 11 is 0. The second-order valence-corrected chi connectivity index (χ2v) is 7.63. The first-order chi connectivity index (χ1) is 15.6. The Balaban J connectivity index is 2.08. The molecule has 9 nitrogen and oxygen atoms in total. The Morgan fingerprint density at radius 2 is 1.73 bits per heavy atom. The average molecular weight is 459 g/mol. The summed E-state index contributed by atoms with van der Waals surface area (Å²) in [4.78, 5) is 40.8. The summed E-state index contributed by atoms with van der Waals surface area (Å²) in [7, 11) is 2.98. The van der Waals surface area contributed by atoms with Gasteiger partial charge in [-0.2, -0.15) is 0 Å². The van der Waals surface area contributed by atoms with Gasteiger partial charge in [0.05, 0.1) is 14.2 Å². The lowest BCUT2D eigenvalue weighted by atomic mass is 9.92. The molecule has 0 aliphatic rings. The van der Waals surface area contributed by atoms with Gasteiger partial charge < -0.3 is 24.3 Å². The van der Waals surface area contributed by atoms with Gasteiger partial charge in [-0.3, -0.25) is 9.59 Å². The number of benzene rings is 1. The molecule has 0 aliphatic heterocycles. The smallest absolute Gasteiger partial charge is 0.328 e. The van der Waals surface area contributed by atoms with E-state index in [1.807, 2.05) is 32.0 Å². The molecule has 9 heteroatoms. The second-order valence-electron chi connectivity index (χ2n) is 7.63. The van der Waals surface area contributed by atoms with Gasteiger partial charge in [0.2, 0.25) is 5.75 Å². The Hall–Kier alpha value is -3.62. The maximum atomic E-state index is 12.7. The van der Waals surface area contributed by atoms with Crippen LogP contribution in [0.15, 0.2) is 30.5 Å². The highest BCUT2D eigenvalue weighted by Crippen LogP contribution is 2.30. The van der Waals surface area contributed by atoms with Crippen LogP contribution in [0.25, 0.3) is 0 Å². The number of esters is 2. The Labute approximate surface area is 193 Å². The molecule has 0 aliphatic carbocycles. The number of nitrogens with one attached hydrogen (secondary N) is 1. The van der Waals surface area contributed by atoms with Crippen LogP contribution in [0.2, 0.25) is 0 Å². The molecule has 0 saturated heterocycles. The predicted molar refractivity (Wildman–Crippen MR) is 121 cm³/mol. The number of pyridine rings is 1. The SMILES string of the molecule is COc1ccc(C(C)C(C)OC(=O)[C@H](C)NC(=O)c2nccc(OC)c2OC(C)=O)c(C)c1. The van der Waals surface area contributed by atoms with Crippen molar-refractivity contribution in [2.45, 2.75) is 52.7 Å². The number of hydrogen-bond acceptors (Lipinski definition) is 8. The minimum Gasteiger partial charge on any atom is -0.497 e. The van der Waals surface area contributed by atoms with Crippen molar-refractivity contribution in [3.8, 4) is 17.2 Å². The number of aryl methyl sites for hydroxylation is 1. The molecule has 3 atom stereocenters. The molecule has 0 spiro atoms. The number of amides is 1. The standard InChI is InChI=1S/C24H30N2O7/c1-13-12-18(30-6)8-9-19(13)14(2)16(4)32-24(29)15(3)26-23(28)21-22(33-17(5)27)20(31-7)10-11-25-21/h8-12,14-16H,1-7H3,(H,26,28)/t14?,15-,16?/m0/s1. The molecule has 0 saturated carbocycles. The molecule has 1 heterocycles. The van der Waals surface area contributed by atoms with Crippen molar-refractivity contribution < 1.29 is 33.3 Å². The van der Waals surface area contributed by atoms with E-state index < -0.39 is 30.0 Å². The summed E-state index contributed by atoms with van der Waals surface area (Å²) in [6.45, 7) is 8.42. The lowest BCUT2D eigenvalue weighted by molar-refractivity contribution is -0.151. The molecule has 2 aromatic rings.